The van der Waals surface area contributed by atoms with Gasteiger partial charge in [0.25, 0.3) is 5.91 Å². The van der Waals surface area contributed by atoms with Gasteiger partial charge < -0.3 is 15.0 Å². The summed E-state index contributed by atoms with van der Waals surface area (Å²) in [5, 5.41) is 14.3. The van der Waals surface area contributed by atoms with Gasteiger partial charge in [-0.25, -0.2) is 4.98 Å². The monoisotopic (exact) mass is 413 g/mol. The minimum atomic E-state index is -0.497. The summed E-state index contributed by atoms with van der Waals surface area (Å²) in [6.07, 6.45) is 3.24. The summed E-state index contributed by atoms with van der Waals surface area (Å²) in [4.78, 5) is 19.7. The van der Waals surface area contributed by atoms with Gasteiger partial charge in [0.1, 0.15) is 11.6 Å². The molecule has 7 nitrogen and oxygen atoms in total. The summed E-state index contributed by atoms with van der Waals surface area (Å²) in [6.45, 7) is 3.11. The lowest BCUT2D eigenvalue weighted by atomic mass is 10.2. The first-order chi connectivity index (χ1) is 13.7. The molecule has 0 bridgehead atoms. The Morgan fingerprint density at radius 1 is 1.32 bits per heavy atom. The highest BCUT2D eigenvalue weighted by Crippen LogP contribution is 2.24. The second kappa shape index (κ2) is 8.02. The van der Waals surface area contributed by atoms with E-state index in [1.165, 1.54) is 17.4 Å². The van der Waals surface area contributed by atoms with Crippen LogP contribution in [0.2, 0.25) is 5.15 Å². The number of nitriles is 1. The lowest BCUT2D eigenvalue weighted by molar-refractivity contribution is -0.112. The van der Waals surface area contributed by atoms with Crippen molar-refractivity contribution in [3.8, 4) is 6.07 Å². The molecule has 3 aromatic rings. The fraction of sp³-hybridized carbons (Fsp3) is 0.211. The lowest BCUT2D eigenvalue weighted by Crippen LogP contribution is -2.36. The van der Waals surface area contributed by atoms with Crippen LogP contribution in [0.25, 0.3) is 11.0 Å². The Morgan fingerprint density at radius 3 is 2.79 bits per heavy atom. The Balaban J connectivity index is 1.51. The third-order valence-electron chi connectivity index (χ3n) is 4.40. The molecule has 4 rings (SSSR count). The number of ether oxygens (including phenoxy) is 1. The van der Waals surface area contributed by atoms with E-state index >= 15 is 0 Å². The summed E-state index contributed by atoms with van der Waals surface area (Å²) in [6, 6.07) is 9.47. The van der Waals surface area contributed by atoms with E-state index in [1.807, 2.05) is 35.7 Å². The van der Waals surface area contributed by atoms with Gasteiger partial charge in [-0.3, -0.25) is 9.20 Å². The summed E-state index contributed by atoms with van der Waals surface area (Å²) in [5.41, 5.74) is 2.14. The number of morpholine rings is 1. The number of halogens is 1. The number of anilines is 2. The van der Waals surface area contributed by atoms with Gasteiger partial charge in [-0.2, -0.15) is 5.26 Å². The maximum absolute atomic E-state index is 12.5. The molecule has 0 radical (unpaired) electrons. The van der Waals surface area contributed by atoms with Crippen molar-refractivity contribution in [2.75, 3.05) is 36.5 Å². The topological polar surface area (TPSA) is 82.7 Å². The Kier molecular flexibility index (Phi) is 5.30. The number of imidazole rings is 1. The number of fused-ring (bicyclic) bond motifs is 1. The van der Waals surface area contributed by atoms with Crippen molar-refractivity contribution in [3.05, 3.63) is 52.3 Å². The molecular weight excluding hydrogens is 398 g/mol. The molecule has 142 valence electrons. The van der Waals surface area contributed by atoms with Gasteiger partial charge in [-0.1, -0.05) is 11.6 Å². The molecule has 1 saturated heterocycles. The maximum atomic E-state index is 12.5. The molecule has 2 aromatic heterocycles. The Morgan fingerprint density at radius 2 is 2.07 bits per heavy atom. The highest BCUT2D eigenvalue weighted by Gasteiger charge is 2.15. The van der Waals surface area contributed by atoms with E-state index in [0.717, 1.165) is 18.8 Å². The zero-order valence-corrected chi connectivity index (χ0v) is 16.3. The van der Waals surface area contributed by atoms with Crippen molar-refractivity contribution >= 4 is 51.3 Å². The fourth-order valence-corrected chi connectivity index (χ4v) is 3.96. The van der Waals surface area contributed by atoms with Crippen LogP contribution in [0.1, 0.15) is 5.69 Å². The first-order valence-corrected chi connectivity index (χ1v) is 9.88. The molecule has 0 atom stereocenters. The number of nitrogens with zero attached hydrogens (tertiary/aromatic N) is 4. The summed E-state index contributed by atoms with van der Waals surface area (Å²) in [5.74, 6) is -0.497. The third-order valence-corrected chi connectivity index (χ3v) is 5.44. The van der Waals surface area contributed by atoms with Crippen molar-refractivity contribution in [1.29, 1.82) is 5.26 Å². The Labute approximate surface area is 170 Å². The van der Waals surface area contributed by atoms with E-state index in [4.69, 9.17) is 16.3 Å². The predicted octanol–water partition coefficient (Wildman–Crippen LogP) is 3.43. The van der Waals surface area contributed by atoms with Gasteiger partial charge in [0.15, 0.2) is 10.1 Å². The lowest BCUT2D eigenvalue weighted by Gasteiger charge is -2.28. The van der Waals surface area contributed by atoms with Crippen LogP contribution in [0.3, 0.4) is 0 Å². The van der Waals surface area contributed by atoms with Gasteiger partial charge >= 0.3 is 0 Å². The number of thiazole rings is 1. The molecule has 1 aliphatic heterocycles. The van der Waals surface area contributed by atoms with Crippen LogP contribution in [0.5, 0.6) is 0 Å². The van der Waals surface area contributed by atoms with Gasteiger partial charge in [0.2, 0.25) is 0 Å². The molecule has 1 fully saturated rings. The van der Waals surface area contributed by atoms with Crippen LogP contribution in [-0.4, -0.2) is 41.6 Å². The number of amides is 1. The Hall–Kier alpha value is -2.86. The minimum Gasteiger partial charge on any atom is -0.378 e. The predicted molar refractivity (Wildman–Crippen MR) is 110 cm³/mol. The average molecular weight is 414 g/mol. The quantitative estimate of drug-likeness (QED) is 0.523. The second-order valence-electron chi connectivity index (χ2n) is 6.11. The number of carbonyl (C=O) groups is 1. The van der Waals surface area contributed by atoms with E-state index < -0.39 is 5.91 Å². The molecule has 0 unspecified atom stereocenters. The first-order valence-electron chi connectivity index (χ1n) is 8.62. The van der Waals surface area contributed by atoms with E-state index in [1.54, 1.807) is 10.6 Å². The highest BCUT2D eigenvalue weighted by atomic mass is 35.5. The standard InChI is InChI=1S/C19H16ClN5O2S/c20-17-16(25-7-10-28-19(25)23-17)11-13(12-21)18(26)22-14-1-3-15(4-2-14)24-5-8-27-9-6-24/h1-4,7,10-11H,5-6,8-9H2,(H,22,26)/b13-11+. The van der Waals surface area contributed by atoms with Crippen molar-refractivity contribution in [1.82, 2.24) is 9.38 Å². The minimum absolute atomic E-state index is 0.0489. The number of benzene rings is 1. The number of carbonyl (C=O) groups excluding carboxylic acids is 1. The van der Waals surface area contributed by atoms with Gasteiger partial charge in [-0.05, 0) is 30.3 Å². The van der Waals surface area contributed by atoms with E-state index in [2.05, 4.69) is 15.2 Å². The van der Waals surface area contributed by atoms with Gasteiger partial charge in [-0.15, -0.1) is 11.3 Å². The molecule has 0 spiro atoms. The van der Waals surface area contributed by atoms with Crippen LogP contribution in [-0.2, 0) is 9.53 Å². The fourth-order valence-electron chi connectivity index (χ4n) is 2.97. The number of hydrogen-bond donors (Lipinski definition) is 1. The molecule has 9 heteroatoms. The zero-order chi connectivity index (χ0) is 19.5. The maximum Gasteiger partial charge on any atom is 0.266 e. The molecule has 0 saturated carbocycles. The largest absolute Gasteiger partial charge is 0.378 e. The van der Waals surface area contributed by atoms with Gasteiger partial charge in [0, 0.05) is 36.0 Å². The average Bonchev–Trinajstić information content (AvgIpc) is 3.28. The van der Waals surface area contributed by atoms with E-state index in [-0.39, 0.29) is 10.7 Å². The number of rotatable bonds is 4. The van der Waals surface area contributed by atoms with Crippen molar-refractivity contribution < 1.29 is 9.53 Å². The van der Waals surface area contributed by atoms with E-state index in [9.17, 15) is 10.1 Å². The molecule has 3 heterocycles. The molecular formula is C19H16ClN5O2S. The summed E-state index contributed by atoms with van der Waals surface area (Å²) < 4.78 is 7.10. The van der Waals surface area contributed by atoms with Crippen molar-refractivity contribution in [2.24, 2.45) is 0 Å². The van der Waals surface area contributed by atoms with Crippen LogP contribution in [0.4, 0.5) is 11.4 Å². The molecule has 1 aliphatic rings. The smallest absolute Gasteiger partial charge is 0.266 e. The molecule has 1 N–H and O–H groups in total. The second-order valence-corrected chi connectivity index (χ2v) is 7.34. The van der Waals surface area contributed by atoms with Crippen LogP contribution >= 0.6 is 22.9 Å². The van der Waals surface area contributed by atoms with Crippen LogP contribution in [0.15, 0.2) is 41.4 Å². The van der Waals surface area contributed by atoms with Crippen LogP contribution in [0, 0.1) is 11.3 Å². The summed E-state index contributed by atoms with van der Waals surface area (Å²) >= 11 is 7.57. The van der Waals surface area contributed by atoms with Gasteiger partial charge in [0.05, 0.1) is 18.9 Å². The highest BCUT2D eigenvalue weighted by molar-refractivity contribution is 7.15. The zero-order valence-electron chi connectivity index (χ0n) is 14.8. The van der Waals surface area contributed by atoms with E-state index in [0.29, 0.717) is 29.6 Å². The molecule has 1 amide bonds. The van der Waals surface area contributed by atoms with Crippen LogP contribution < -0.4 is 10.2 Å². The SMILES string of the molecule is N#C/C(=C\c1c(Cl)nc2sccn12)C(=O)Nc1ccc(N2CCOCC2)cc1. The molecule has 1 aromatic carbocycles. The first kappa shape index (κ1) is 18.5. The van der Waals surface area contributed by atoms with Crippen molar-refractivity contribution in [3.63, 3.8) is 0 Å². The van der Waals surface area contributed by atoms with Crippen molar-refractivity contribution in [2.45, 2.75) is 0 Å². The summed E-state index contributed by atoms with van der Waals surface area (Å²) in [7, 11) is 0. The molecule has 0 aliphatic carbocycles. The normalized spacial score (nSPS) is 14.9. The number of nitrogens with one attached hydrogen (secondary N) is 1. The number of aromatic nitrogens is 2. The number of hydrogen-bond acceptors (Lipinski definition) is 6. The Bertz CT molecular complexity index is 1070. The molecule has 28 heavy (non-hydrogen) atoms. The third kappa shape index (κ3) is 3.73.